The molecule has 0 bridgehead atoms. The van der Waals surface area contributed by atoms with E-state index in [2.05, 4.69) is 18.3 Å². The summed E-state index contributed by atoms with van der Waals surface area (Å²) in [5, 5.41) is 2.66. The fourth-order valence-electron chi connectivity index (χ4n) is 1.55. The smallest absolute Gasteiger partial charge is 0.235 e. The molecule has 1 aromatic carbocycles. The quantitative estimate of drug-likeness (QED) is 0.648. The Morgan fingerprint density at radius 3 is 2.71 bits per heavy atom. The molecule has 0 radical (unpaired) electrons. The van der Waals surface area contributed by atoms with Crippen LogP contribution in [0.15, 0.2) is 12.1 Å². The van der Waals surface area contributed by atoms with Crippen LogP contribution in [0.4, 0.5) is 0 Å². The molecule has 1 amide bonds. The van der Waals surface area contributed by atoms with Crippen LogP contribution in [-0.2, 0) is 4.79 Å². The zero-order valence-electron chi connectivity index (χ0n) is 10.5. The highest BCUT2D eigenvalue weighted by Crippen LogP contribution is 2.22. The lowest BCUT2D eigenvalue weighted by atomic mass is 10.1. The Morgan fingerprint density at radius 1 is 1.35 bits per heavy atom. The number of carbonyl (C=O) groups excluding carboxylic acids is 1. The van der Waals surface area contributed by atoms with Crippen molar-refractivity contribution in [2.45, 2.75) is 20.8 Å². The highest BCUT2D eigenvalue weighted by molar-refractivity contribution is 6.27. The van der Waals surface area contributed by atoms with Gasteiger partial charge in [0.25, 0.3) is 0 Å². The average Bonchev–Trinajstić information content (AvgIpc) is 2.30. The molecule has 0 unspecified atom stereocenters. The van der Waals surface area contributed by atoms with Gasteiger partial charge in [0.05, 0.1) is 6.54 Å². The van der Waals surface area contributed by atoms with Crippen molar-refractivity contribution in [2.75, 3.05) is 19.0 Å². The molecule has 0 aliphatic carbocycles. The topological polar surface area (TPSA) is 38.3 Å². The minimum Gasteiger partial charge on any atom is -0.491 e. The second-order valence-corrected chi connectivity index (χ2v) is 4.30. The Kier molecular flexibility index (Phi) is 5.29. The number of rotatable bonds is 5. The van der Waals surface area contributed by atoms with E-state index in [0.717, 1.165) is 11.3 Å². The van der Waals surface area contributed by atoms with Crippen LogP contribution in [0.25, 0.3) is 0 Å². The van der Waals surface area contributed by atoms with Gasteiger partial charge in [-0.3, -0.25) is 4.79 Å². The molecule has 1 rings (SSSR count). The van der Waals surface area contributed by atoms with E-state index < -0.39 is 0 Å². The molecule has 0 fully saturated rings. The molecule has 0 aliphatic rings. The predicted octanol–water partition coefficient (Wildman–Crippen LogP) is 2.35. The summed E-state index contributed by atoms with van der Waals surface area (Å²) in [5.74, 6) is 0.692. The van der Waals surface area contributed by atoms with Crippen molar-refractivity contribution in [1.82, 2.24) is 5.32 Å². The number of hydrogen-bond donors (Lipinski definition) is 1. The first-order chi connectivity index (χ1) is 8.04. The van der Waals surface area contributed by atoms with Crippen LogP contribution in [0.3, 0.4) is 0 Å². The van der Waals surface area contributed by atoms with Crippen LogP contribution < -0.4 is 10.1 Å². The van der Waals surface area contributed by atoms with Gasteiger partial charge >= 0.3 is 0 Å². The molecular formula is C13H18ClNO2. The molecule has 0 atom stereocenters. The fourth-order valence-corrected chi connectivity index (χ4v) is 1.64. The van der Waals surface area contributed by atoms with Gasteiger partial charge in [-0.25, -0.2) is 0 Å². The van der Waals surface area contributed by atoms with Gasteiger partial charge < -0.3 is 10.1 Å². The first-order valence-electron chi connectivity index (χ1n) is 5.58. The van der Waals surface area contributed by atoms with Gasteiger partial charge in [-0.2, -0.15) is 0 Å². The van der Waals surface area contributed by atoms with Crippen LogP contribution >= 0.6 is 11.6 Å². The number of hydrogen-bond acceptors (Lipinski definition) is 2. The molecule has 1 aromatic rings. The molecule has 4 heteroatoms. The lowest BCUT2D eigenvalue weighted by Crippen LogP contribution is -2.28. The third kappa shape index (κ3) is 4.27. The van der Waals surface area contributed by atoms with Gasteiger partial charge in [0.2, 0.25) is 5.91 Å². The van der Waals surface area contributed by atoms with E-state index in [1.54, 1.807) is 0 Å². The molecule has 0 saturated carbocycles. The summed E-state index contributed by atoms with van der Waals surface area (Å²) in [6, 6.07) is 4.13. The Bertz CT molecular complexity index is 405. The maximum Gasteiger partial charge on any atom is 0.235 e. The van der Waals surface area contributed by atoms with Crippen molar-refractivity contribution in [3.8, 4) is 5.75 Å². The molecule has 0 aromatic heterocycles. The first kappa shape index (κ1) is 13.8. The van der Waals surface area contributed by atoms with Crippen molar-refractivity contribution in [2.24, 2.45) is 0 Å². The lowest BCUT2D eigenvalue weighted by molar-refractivity contribution is -0.118. The third-order valence-corrected chi connectivity index (χ3v) is 2.81. The molecule has 17 heavy (non-hydrogen) atoms. The maximum absolute atomic E-state index is 10.9. The van der Waals surface area contributed by atoms with Crippen molar-refractivity contribution >= 4 is 17.5 Å². The summed E-state index contributed by atoms with van der Waals surface area (Å²) in [6.45, 7) is 7.05. The van der Waals surface area contributed by atoms with E-state index in [4.69, 9.17) is 16.3 Å². The zero-order chi connectivity index (χ0) is 12.8. The second kappa shape index (κ2) is 6.50. The molecule has 3 nitrogen and oxygen atoms in total. The molecule has 0 aliphatic heterocycles. The van der Waals surface area contributed by atoms with Crippen molar-refractivity contribution in [1.29, 1.82) is 0 Å². The van der Waals surface area contributed by atoms with Gasteiger partial charge in [-0.15, -0.1) is 11.6 Å². The Hall–Kier alpha value is -1.22. The van der Waals surface area contributed by atoms with Gasteiger partial charge in [0, 0.05) is 0 Å². The normalized spacial score (nSPS) is 10.1. The van der Waals surface area contributed by atoms with E-state index >= 15 is 0 Å². The van der Waals surface area contributed by atoms with Crippen LogP contribution in [0, 0.1) is 20.8 Å². The molecular weight excluding hydrogens is 238 g/mol. The Balaban J connectivity index is 2.49. The van der Waals surface area contributed by atoms with E-state index in [9.17, 15) is 4.79 Å². The number of amides is 1. The number of alkyl halides is 1. The van der Waals surface area contributed by atoms with E-state index in [0.29, 0.717) is 13.2 Å². The van der Waals surface area contributed by atoms with Crippen molar-refractivity contribution in [3.63, 3.8) is 0 Å². The summed E-state index contributed by atoms with van der Waals surface area (Å²) in [4.78, 5) is 10.9. The standard InChI is InChI=1S/C13H18ClNO2/c1-9-6-10(2)11(3)12(7-9)17-5-4-15-13(16)8-14/h6-7H,4-5,8H2,1-3H3,(H,15,16). The maximum atomic E-state index is 10.9. The zero-order valence-corrected chi connectivity index (χ0v) is 11.2. The van der Waals surface area contributed by atoms with Crippen molar-refractivity contribution in [3.05, 3.63) is 28.8 Å². The van der Waals surface area contributed by atoms with Crippen LogP contribution in [0.1, 0.15) is 16.7 Å². The molecule has 0 saturated heterocycles. The highest BCUT2D eigenvalue weighted by atomic mass is 35.5. The number of carbonyl (C=O) groups is 1. The minimum absolute atomic E-state index is 0.0113. The van der Waals surface area contributed by atoms with Gasteiger partial charge in [0.15, 0.2) is 0 Å². The first-order valence-corrected chi connectivity index (χ1v) is 6.11. The summed E-state index contributed by atoms with van der Waals surface area (Å²) in [6.07, 6.45) is 0. The van der Waals surface area contributed by atoms with E-state index in [1.165, 1.54) is 11.1 Å². The highest BCUT2D eigenvalue weighted by Gasteiger charge is 2.04. The minimum atomic E-state index is -0.174. The lowest BCUT2D eigenvalue weighted by Gasteiger charge is -2.12. The summed E-state index contributed by atoms with van der Waals surface area (Å²) >= 11 is 5.36. The summed E-state index contributed by atoms with van der Waals surface area (Å²) in [7, 11) is 0. The van der Waals surface area contributed by atoms with Crippen LogP contribution in [0.2, 0.25) is 0 Å². The molecule has 0 heterocycles. The van der Waals surface area contributed by atoms with E-state index in [1.807, 2.05) is 19.9 Å². The van der Waals surface area contributed by atoms with Crippen molar-refractivity contribution < 1.29 is 9.53 Å². The average molecular weight is 256 g/mol. The SMILES string of the molecule is Cc1cc(C)c(C)c(OCCNC(=O)CCl)c1. The van der Waals surface area contributed by atoms with Gasteiger partial charge in [0.1, 0.15) is 18.2 Å². The van der Waals surface area contributed by atoms with Crippen LogP contribution in [0.5, 0.6) is 5.75 Å². The summed E-state index contributed by atoms with van der Waals surface area (Å²) in [5.41, 5.74) is 3.52. The number of ether oxygens (including phenoxy) is 1. The monoisotopic (exact) mass is 255 g/mol. The van der Waals surface area contributed by atoms with Crippen LogP contribution in [-0.4, -0.2) is 24.9 Å². The molecule has 0 spiro atoms. The Labute approximate surface area is 107 Å². The number of benzene rings is 1. The summed E-state index contributed by atoms with van der Waals surface area (Å²) < 4.78 is 5.64. The largest absolute Gasteiger partial charge is 0.491 e. The predicted molar refractivity (Wildman–Crippen MR) is 69.9 cm³/mol. The number of nitrogens with one attached hydrogen (secondary N) is 1. The fraction of sp³-hybridized carbons (Fsp3) is 0.462. The van der Waals surface area contributed by atoms with Gasteiger partial charge in [-0.1, -0.05) is 6.07 Å². The molecule has 94 valence electrons. The third-order valence-electron chi connectivity index (χ3n) is 2.57. The van der Waals surface area contributed by atoms with Gasteiger partial charge in [-0.05, 0) is 43.5 Å². The Morgan fingerprint density at radius 2 is 2.06 bits per heavy atom. The molecule has 1 N–H and O–H groups in total. The second-order valence-electron chi connectivity index (χ2n) is 4.04. The van der Waals surface area contributed by atoms with E-state index in [-0.39, 0.29) is 11.8 Å². The number of aryl methyl sites for hydroxylation is 2. The number of halogens is 1.